The summed E-state index contributed by atoms with van der Waals surface area (Å²) in [5, 5.41) is 0. The third-order valence-corrected chi connectivity index (χ3v) is 3.70. The van der Waals surface area contributed by atoms with E-state index in [1.165, 1.54) is 0 Å². The zero-order valence-electron chi connectivity index (χ0n) is 11.5. The van der Waals surface area contributed by atoms with Crippen molar-refractivity contribution in [2.75, 3.05) is 25.2 Å². The highest BCUT2D eigenvalue weighted by Gasteiger charge is 2.26. The zero-order valence-corrected chi connectivity index (χ0v) is 11.5. The first-order valence-electron chi connectivity index (χ1n) is 6.67. The number of nitrogens with two attached hydrogens (primary N) is 1. The van der Waals surface area contributed by atoms with Crippen molar-refractivity contribution in [1.29, 1.82) is 0 Å². The van der Waals surface area contributed by atoms with Crippen LogP contribution in [0.1, 0.15) is 32.7 Å². The minimum absolute atomic E-state index is 0.301. The molecule has 2 rings (SSSR count). The predicted octanol–water partition coefficient (Wildman–Crippen LogP) is 1.41. The Bertz CT molecular complexity index is 379. The van der Waals surface area contributed by atoms with Crippen LogP contribution in [0.2, 0.25) is 0 Å². The Morgan fingerprint density at radius 2 is 2.39 bits per heavy atom. The molecule has 5 nitrogen and oxygen atoms in total. The van der Waals surface area contributed by atoms with E-state index in [2.05, 4.69) is 28.3 Å². The first kappa shape index (κ1) is 13.4. The summed E-state index contributed by atoms with van der Waals surface area (Å²) in [5.41, 5.74) is 6.01. The molecule has 0 aliphatic carbocycles. The van der Waals surface area contributed by atoms with Crippen LogP contribution in [0.3, 0.4) is 0 Å². The minimum Gasteiger partial charge on any atom is -0.383 e. The van der Waals surface area contributed by atoms with E-state index in [1.54, 1.807) is 7.11 Å². The van der Waals surface area contributed by atoms with E-state index in [1.807, 2.05) is 12.4 Å². The van der Waals surface area contributed by atoms with Crippen molar-refractivity contribution in [1.82, 2.24) is 9.55 Å². The van der Waals surface area contributed by atoms with Crippen molar-refractivity contribution in [2.24, 2.45) is 5.73 Å². The lowest BCUT2D eigenvalue weighted by atomic mass is 10.00. The van der Waals surface area contributed by atoms with Crippen molar-refractivity contribution in [3.8, 4) is 0 Å². The van der Waals surface area contributed by atoms with Gasteiger partial charge in [-0.15, -0.1) is 0 Å². The van der Waals surface area contributed by atoms with Crippen LogP contribution in [-0.4, -0.2) is 41.9 Å². The number of aromatic nitrogens is 2. The molecular formula is C13H24N4O. The van der Waals surface area contributed by atoms with Crippen molar-refractivity contribution < 1.29 is 4.74 Å². The van der Waals surface area contributed by atoms with E-state index in [0.29, 0.717) is 24.7 Å². The maximum absolute atomic E-state index is 6.01. The molecule has 0 bridgehead atoms. The number of methoxy groups -OCH3 is 1. The number of piperidine rings is 1. The minimum atomic E-state index is 0.301. The molecule has 1 aliphatic rings. The van der Waals surface area contributed by atoms with Gasteiger partial charge < -0.3 is 19.9 Å². The summed E-state index contributed by atoms with van der Waals surface area (Å²) in [4.78, 5) is 6.87. The molecule has 1 saturated heterocycles. The van der Waals surface area contributed by atoms with Crippen LogP contribution in [0.25, 0.3) is 0 Å². The smallest absolute Gasteiger partial charge is 0.206 e. The highest BCUT2D eigenvalue weighted by Crippen LogP contribution is 2.25. The van der Waals surface area contributed by atoms with E-state index < -0.39 is 0 Å². The second-order valence-corrected chi connectivity index (χ2v) is 5.27. The standard InChI is InChI=1S/C13H24N4O/c1-10-8-12(14)4-6-16(10)13-15-5-7-17(13)11(2)9-18-3/h5,7,10-12H,4,6,8-9,14H2,1-3H3. The van der Waals surface area contributed by atoms with Crippen molar-refractivity contribution in [2.45, 2.75) is 44.8 Å². The number of hydrogen-bond acceptors (Lipinski definition) is 4. The first-order valence-corrected chi connectivity index (χ1v) is 6.67. The largest absolute Gasteiger partial charge is 0.383 e. The van der Waals surface area contributed by atoms with E-state index in [0.717, 1.165) is 25.3 Å². The molecule has 1 fully saturated rings. The number of imidazole rings is 1. The summed E-state index contributed by atoms with van der Waals surface area (Å²) in [6, 6.07) is 1.08. The summed E-state index contributed by atoms with van der Waals surface area (Å²) in [6.45, 7) is 6.05. The second kappa shape index (κ2) is 5.71. The van der Waals surface area contributed by atoms with Gasteiger partial charge in [-0.2, -0.15) is 0 Å². The second-order valence-electron chi connectivity index (χ2n) is 5.27. The van der Waals surface area contributed by atoms with Crippen LogP contribution in [0, 0.1) is 0 Å². The van der Waals surface area contributed by atoms with Crippen LogP contribution in [-0.2, 0) is 4.74 Å². The van der Waals surface area contributed by atoms with Crippen LogP contribution < -0.4 is 10.6 Å². The summed E-state index contributed by atoms with van der Waals surface area (Å²) in [6.07, 6.45) is 5.96. The lowest BCUT2D eigenvalue weighted by Crippen LogP contribution is -2.46. The molecule has 3 unspecified atom stereocenters. The molecule has 0 aromatic carbocycles. The molecule has 5 heteroatoms. The third kappa shape index (κ3) is 2.67. The highest BCUT2D eigenvalue weighted by molar-refractivity contribution is 5.34. The Morgan fingerprint density at radius 1 is 1.61 bits per heavy atom. The van der Waals surface area contributed by atoms with Gasteiger partial charge in [0, 0.05) is 38.1 Å². The molecule has 0 radical (unpaired) electrons. The van der Waals surface area contributed by atoms with Gasteiger partial charge in [0.2, 0.25) is 5.95 Å². The molecule has 1 aromatic rings. The first-order chi connectivity index (χ1) is 8.63. The van der Waals surface area contributed by atoms with Gasteiger partial charge in [0.1, 0.15) is 0 Å². The molecule has 0 amide bonds. The van der Waals surface area contributed by atoms with E-state index in [9.17, 15) is 0 Å². The van der Waals surface area contributed by atoms with Gasteiger partial charge in [0.15, 0.2) is 0 Å². The highest BCUT2D eigenvalue weighted by atomic mass is 16.5. The van der Waals surface area contributed by atoms with Crippen LogP contribution in [0.5, 0.6) is 0 Å². The van der Waals surface area contributed by atoms with Crippen molar-refractivity contribution >= 4 is 5.95 Å². The van der Waals surface area contributed by atoms with E-state index in [-0.39, 0.29) is 0 Å². The lowest BCUT2D eigenvalue weighted by Gasteiger charge is -2.37. The Balaban J connectivity index is 2.15. The zero-order chi connectivity index (χ0) is 13.1. The van der Waals surface area contributed by atoms with Gasteiger partial charge in [0.25, 0.3) is 0 Å². The molecule has 1 aromatic heterocycles. The Morgan fingerprint density at radius 3 is 3.06 bits per heavy atom. The fourth-order valence-corrected chi connectivity index (χ4v) is 2.70. The van der Waals surface area contributed by atoms with Gasteiger partial charge in [-0.1, -0.05) is 0 Å². The molecule has 0 saturated carbocycles. The summed E-state index contributed by atoms with van der Waals surface area (Å²) in [5.74, 6) is 1.04. The number of anilines is 1. The molecule has 2 N–H and O–H groups in total. The molecule has 3 atom stereocenters. The van der Waals surface area contributed by atoms with Gasteiger partial charge in [-0.3, -0.25) is 0 Å². The van der Waals surface area contributed by atoms with Crippen molar-refractivity contribution in [3.63, 3.8) is 0 Å². The normalized spacial score (nSPS) is 26.3. The average Bonchev–Trinajstić information content (AvgIpc) is 2.78. The fourth-order valence-electron chi connectivity index (χ4n) is 2.70. The molecule has 2 heterocycles. The van der Waals surface area contributed by atoms with Gasteiger partial charge in [0.05, 0.1) is 12.6 Å². The van der Waals surface area contributed by atoms with Crippen LogP contribution >= 0.6 is 0 Å². The molecule has 0 spiro atoms. The van der Waals surface area contributed by atoms with E-state index >= 15 is 0 Å². The maximum atomic E-state index is 6.01. The summed E-state index contributed by atoms with van der Waals surface area (Å²) < 4.78 is 7.42. The Hall–Kier alpha value is -1.07. The number of nitrogens with zero attached hydrogens (tertiary/aromatic N) is 3. The summed E-state index contributed by atoms with van der Waals surface area (Å²) in [7, 11) is 1.73. The molecule has 18 heavy (non-hydrogen) atoms. The quantitative estimate of drug-likeness (QED) is 0.880. The van der Waals surface area contributed by atoms with E-state index in [4.69, 9.17) is 10.5 Å². The van der Waals surface area contributed by atoms with Crippen LogP contribution in [0.4, 0.5) is 5.95 Å². The number of rotatable bonds is 4. The van der Waals surface area contributed by atoms with Crippen molar-refractivity contribution in [3.05, 3.63) is 12.4 Å². The molecular weight excluding hydrogens is 228 g/mol. The maximum Gasteiger partial charge on any atom is 0.206 e. The molecule has 1 aliphatic heterocycles. The molecule has 102 valence electrons. The lowest BCUT2D eigenvalue weighted by molar-refractivity contribution is 0.162. The Labute approximate surface area is 109 Å². The van der Waals surface area contributed by atoms with Gasteiger partial charge in [-0.05, 0) is 26.7 Å². The Kier molecular flexibility index (Phi) is 4.24. The number of hydrogen-bond donors (Lipinski definition) is 1. The third-order valence-electron chi connectivity index (χ3n) is 3.70. The van der Waals surface area contributed by atoms with Gasteiger partial charge >= 0.3 is 0 Å². The van der Waals surface area contributed by atoms with Gasteiger partial charge in [-0.25, -0.2) is 4.98 Å². The topological polar surface area (TPSA) is 56.3 Å². The average molecular weight is 252 g/mol. The predicted molar refractivity (Wildman–Crippen MR) is 72.8 cm³/mol. The summed E-state index contributed by atoms with van der Waals surface area (Å²) >= 11 is 0. The SMILES string of the molecule is COCC(C)n1ccnc1N1CCC(N)CC1C. The van der Waals surface area contributed by atoms with Crippen LogP contribution in [0.15, 0.2) is 12.4 Å². The monoisotopic (exact) mass is 252 g/mol. The number of ether oxygens (including phenoxy) is 1. The fraction of sp³-hybridized carbons (Fsp3) is 0.769.